The molecular formula is C16H22N4S2. The summed E-state index contributed by atoms with van der Waals surface area (Å²) in [5.41, 5.74) is 2.29. The van der Waals surface area contributed by atoms with Gasteiger partial charge in [0.25, 0.3) is 0 Å². The lowest BCUT2D eigenvalue weighted by Crippen LogP contribution is -2.34. The normalized spacial score (nSPS) is 16.8. The first-order chi connectivity index (χ1) is 10.6. The maximum Gasteiger partial charge on any atom is 0.209 e. The summed E-state index contributed by atoms with van der Waals surface area (Å²) in [5.74, 6) is 0.846. The summed E-state index contributed by atoms with van der Waals surface area (Å²) in [6, 6.07) is 8.29. The molecule has 4 nitrogen and oxygen atoms in total. The van der Waals surface area contributed by atoms with Gasteiger partial charge in [0.2, 0.25) is 5.13 Å². The maximum atomic E-state index is 5.46. The zero-order chi connectivity index (χ0) is 15.5. The van der Waals surface area contributed by atoms with E-state index < -0.39 is 0 Å². The maximum absolute atomic E-state index is 5.46. The average Bonchev–Trinajstić information content (AvgIpc) is 2.81. The van der Waals surface area contributed by atoms with E-state index >= 15 is 0 Å². The Kier molecular flexibility index (Phi) is 4.90. The molecule has 1 saturated heterocycles. The lowest BCUT2D eigenvalue weighted by Gasteiger charge is -2.29. The fraction of sp³-hybridized carbons (Fsp3) is 0.500. The third kappa shape index (κ3) is 3.94. The molecule has 2 aromatic rings. The van der Waals surface area contributed by atoms with Gasteiger partial charge in [0.1, 0.15) is 0 Å². The molecule has 118 valence electrons. The molecule has 0 unspecified atom stereocenters. The van der Waals surface area contributed by atoms with Crippen LogP contribution in [0, 0.1) is 16.8 Å². The van der Waals surface area contributed by atoms with Crippen molar-refractivity contribution in [3.05, 3.63) is 33.8 Å². The molecule has 0 radical (unpaired) electrons. The van der Waals surface area contributed by atoms with E-state index in [1.807, 2.05) is 16.8 Å². The summed E-state index contributed by atoms with van der Waals surface area (Å²) in [5, 5.41) is 8.84. The molecule has 0 atom stereocenters. The molecule has 0 saturated carbocycles. The second-order valence-electron chi connectivity index (χ2n) is 6.11. The van der Waals surface area contributed by atoms with E-state index in [2.05, 4.69) is 41.3 Å². The highest BCUT2D eigenvalue weighted by molar-refractivity contribution is 7.73. The molecule has 6 heteroatoms. The molecule has 1 fully saturated rings. The van der Waals surface area contributed by atoms with Crippen LogP contribution >= 0.6 is 23.6 Å². The summed E-state index contributed by atoms with van der Waals surface area (Å²) in [6.07, 6.45) is 2.54. The molecule has 1 aliphatic rings. The summed E-state index contributed by atoms with van der Waals surface area (Å²) in [4.78, 5) is 2.44. The average molecular weight is 335 g/mol. The molecule has 2 heterocycles. The van der Waals surface area contributed by atoms with Gasteiger partial charge in [-0.05, 0) is 55.6 Å². The Morgan fingerprint density at radius 1 is 1.36 bits per heavy atom. The van der Waals surface area contributed by atoms with Crippen LogP contribution in [-0.2, 0) is 6.67 Å². The van der Waals surface area contributed by atoms with Crippen LogP contribution in [0.25, 0.3) is 0 Å². The molecule has 1 aromatic carbocycles. The number of hydrogen-bond donors (Lipinski definition) is 1. The highest BCUT2D eigenvalue weighted by Crippen LogP contribution is 2.22. The molecule has 1 aromatic heterocycles. The predicted molar refractivity (Wildman–Crippen MR) is 95.4 cm³/mol. The highest BCUT2D eigenvalue weighted by atomic mass is 32.1. The number of anilines is 2. The van der Waals surface area contributed by atoms with Gasteiger partial charge in [0, 0.05) is 18.8 Å². The number of piperidine rings is 1. The quantitative estimate of drug-likeness (QED) is 0.839. The van der Waals surface area contributed by atoms with E-state index in [1.54, 1.807) is 0 Å². The van der Waals surface area contributed by atoms with Crippen molar-refractivity contribution in [1.29, 1.82) is 0 Å². The Hall–Kier alpha value is -1.24. The van der Waals surface area contributed by atoms with Crippen LogP contribution in [0.1, 0.15) is 25.3 Å². The molecule has 3 rings (SSSR count). The molecule has 0 amide bonds. The van der Waals surface area contributed by atoms with Crippen molar-refractivity contribution in [3.63, 3.8) is 0 Å². The van der Waals surface area contributed by atoms with Crippen LogP contribution in [-0.4, -0.2) is 27.8 Å². The Morgan fingerprint density at radius 3 is 2.86 bits per heavy atom. The summed E-state index contributed by atoms with van der Waals surface area (Å²) < 4.78 is 2.77. The number of hydrogen-bond acceptors (Lipinski definition) is 5. The molecule has 1 N–H and O–H groups in total. The van der Waals surface area contributed by atoms with E-state index in [0.29, 0.717) is 0 Å². The summed E-state index contributed by atoms with van der Waals surface area (Å²) in [7, 11) is 0. The van der Waals surface area contributed by atoms with Gasteiger partial charge in [-0.1, -0.05) is 30.4 Å². The number of benzene rings is 1. The number of likely N-dealkylation sites (tertiary alicyclic amines) is 1. The zero-order valence-corrected chi connectivity index (χ0v) is 14.7. The van der Waals surface area contributed by atoms with E-state index in [0.717, 1.165) is 40.4 Å². The Balaban J connectivity index is 1.67. The molecule has 0 aliphatic carbocycles. The number of nitrogens with zero attached hydrogens (tertiary/aromatic N) is 3. The second-order valence-corrected chi connectivity index (χ2v) is 7.73. The van der Waals surface area contributed by atoms with Crippen molar-refractivity contribution in [2.45, 2.75) is 33.4 Å². The second kappa shape index (κ2) is 6.89. The van der Waals surface area contributed by atoms with E-state index in [-0.39, 0.29) is 0 Å². The minimum atomic E-state index is 0.803. The van der Waals surface area contributed by atoms with Crippen LogP contribution < -0.4 is 5.32 Å². The first-order valence-electron chi connectivity index (χ1n) is 7.74. The number of rotatable bonds is 4. The minimum absolute atomic E-state index is 0.803. The van der Waals surface area contributed by atoms with Crippen molar-refractivity contribution in [3.8, 4) is 0 Å². The molecule has 22 heavy (non-hydrogen) atoms. The van der Waals surface area contributed by atoms with Gasteiger partial charge in [0.05, 0.1) is 6.67 Å². The van der Waals surface area contributed by atoms with Gasteiger partial charge in [0.15, 0.2) is 3.95 Å². The Bertz CT molecular complexity index is 683. The van der Waals surface area contributed by atoms with Crippen molar-refractivity contribution in [1.82, 2.24) is 14.7 Å². The van der Waals surface area contributed by atoms with Crippen LogP contribution in [0.3, 0.4) is 0 Å². The smallest absolute Gasteiger partial charge is 0.209 e. The van der Waals surface area contributed by atoms with Crippen LogP contribution in [0.15, 0.2) is 24.3 Å². The fourth-order valence-corrected chi connectivity index (χ4v) is 3.70. The third-order valence-corrected chi connectivity index (χ3v) is 5.31. The van der Waals surface area contributed by atoms with Gasteiger partial charge in [-0.3, -0.25) is 4.90 Å². The van der Waals surface area contributed by atoms with Gasteiger partial charge >= 0.3 is 0 Å². The Morgan fingerprint density at radius 2 is 2.14 bits per heavy atom. The van der Waals surface area contributed by atoms with E-state index in [4.69, 9.17) is 12.2 Å². The van der Waals surface area contributed by atoms with Gasteiger partial charge < -0.3 is 5.32 Å². The third-order valence-electron chi connectivity index (χ3n) is 4.09. The largest absolute Gasteiger partial charge is 0.330 e. The lowest BCUT2D eigenvalue weighted by molar-refractivity contribution is 0.146. The predicted octanol–water partition coefficient (Wildman–Crippen LogP) is 4.42. The first-order valence-corrected chi connectivity index (χ1v) is 8.96. The van der Waals surface area contributed by atoms with Crippen molar-refractivity contribution < 1.29 is 0 Å². The summed E-state index contributed by atoms with van der Waals surface area (Å²) in [6.45, 7) is 7.50. The van der Waals surface area contributed by atoms with Crippen LogP contribution in [0.5, 0.6) is 0 Å². The first kappa shape index (κ1) is 15.6. The minimum Gasteiger partial charge on any atom is -0.330 e. The van der Waals surface area contributed by atoms with E-state index in [9.17, 15) is 0 Å². The number of aryl methyl sites for hydroxylation is 1. The molecule has 0 bridgehead atoms. The van der Waals surface area contributed by atoms with Gasteiger partial charge in [-0.25, -0.2) is 4.68 Å². The summed E-state index contributed by atoms with van der Waals surface area (Å²) >= 11 is 6.99. The van der Waals surface area contributed by atoms with Gasteiger partial charge in [-0.15, -0.1) is 5.10 Å². The van der Waals surface area contributed by atoms with Crippen molar-refractivity contribution in [2.75, 3.05) is 18.4 Å². The topological polar surface area (TPSA) is 33.1 Å². The molecule has 1 aliphatic heterocycles. The molecule has 0 spiro atoms. The zero-order valence-electron chi connectivity index (χ0n) is 13.1. The van der Waals surface area contributed by atoms with Crippen molar-refractivity contribution in [2.24, 2.45) is 5.92 Å². The highest BCUT2D eigenvalue weighted by Gasteiger charge is 2.16. The molecular weight excluding hydrogens is 312 g/mol. The monoisotopic (exact) mass is 334 g/mol. The van der Waals surface area contributed by atoms with Crippen molar-refractivity contribution >= 4 is 34.4 Å². The van der Waals surface area contributed by atoms with E-state index in [1.165, 1.54) is 29.7 Å². The SMILES string of the molecule is Cc1cccc(Nc2nn(CN3CCC(C)CC3)c(=S)s2)c1. The fourth-order valence-electron chi connectivity index (χ4n) is 2.69. The number of aromatic nitrogens is 2. The Labute approximate surface area is 140 Å². The van der Waals surface area contributed by atoms with Gasteiger partial charge in [-0.2, -0.15) is 0 Å². The van der Waals surface area contributed by atoms with Crippen LogP contribution in [0.2, 0.25) is 0 Å². The lowest BCUT2D eigenvalue weighted by atomic mass is 10.00. The number of nitrogens with one attached hydrogen (secondary N) is 1. The standard InChI is InChI=1S/C16H22N4S2/c1-12-6-8-19(9-7-12)11-20-16(21)22-15(18-20)17-14-5-3-4-13(2)10-14/h3-5,10,12H,6-9,11H2,1-2H3,(H,17,18). The van der Waals surface area contributed by atoms with Crippen LogP contribution in [0.4, 0.5) is 10.8 Å².